The minimum absolute atomic E-state index is 0.0458. The number of rotatable bonds is 5. The van der Waals surface area contributed by atoms with Crippen LogP contribution in [-0.2, 0) is 17.8 Å². The van der Waals surface area contributed by atoms with Gasteiger partial charge in [0.2, 0.25) is 5.91 Å². The zero-order valence-electron chi connectivity index (χ0n) is 12.2. The summed E-state index contributed by atoms with van der Waals surface area (Å²) in [6.45, 7) is 0.522. The molecule has 116 valence electrons. The minimum atomic E-state index is -0.0458. The van der Waals surface area contributed by atoms with Crippen molar-refractivity contribution in [3.8, 4) is 11.3 Å². The second-order valence-corrected chi connectivity index (χ2v) is 6.27. The lowest BCUT2D eigenvalue weighted by Crippen LogP contribution is -2.24. The quantitative estimate of drug-likeness (QED) is 0.768. The second-order valence-electron chi connectivity index (χ2n) is 4.92. The van der Waals surface area contributed by atoms with Crippen LogP contribution in [0, 0.1) is 0 Å². The van der Waals surface area contributed by atoms with E-state index >= 15 is 0 Å². The third-order valence-electron chi connectivity index (χ3n) is 3.24. The van der Waals surface area contributed by atoms with Gasteiger partial charge < -0.3 is 5.32 Å². The highest BCUT2D eigenvalue weighted by atomic mass is 35.5. The van der Waals surface area contributed by atoms with Crippen LogP contribution in [0.15, 0.2) is 54.2 Å². The molecule has 0 bridgehead atoms. The summed E-state index contributed by atoms with van der Waals surface area (Å²) in [6.07, 6.45) is 3.52. The molecule has 0 aliphatic rings. The van der Waals surface area contributed by atoms with Crippen molar-refractivity contribution < 1.29 is 4.79 Å². The van der Waals surface area contributed by atoms with E-state index in [9.17, 15) is 4.79 Å². The third kappa shape index (κ3) is 4.15. The van der Waals surface area contributed by atoms with E-state index in [0.29, 0.717) is 11.6 Å². The molecule has 0 radical (unpaired) electrons. The molecule has 0 saturated heterocycles. The zero-order chi connectivity index (χ0) is 16.1. The van der Waals surface area contributed by atoms with Gasteiger partial charge in [-0.2, -0.15) is 0 Å². The van der Waals surface area contributed by atoms with E-state index in [4.69, 9.17) is 11.6 Å². The Kier molecular flexibility index (Phi) is 5.00. The highest BCUT2D eigenvalue weighted by Gasteiger charge is 2.11. The lowest BCUT2D eigenvalue weighted by atomic mass is 10.2. The molecule has 0 fully saturated rings. The summed E-state index contributed by atoms with van der Waals surface area (Å²) < 4.78 is 0. The summed E-state index contributed by atoms with van der Waals surface area (Å²) in [4.78, 5) is 20.5. The van der Waals surface area contributed by atoms with Gasteiger partial charge in [0.1, 0.15) is 5.01 Å². The van der Waals surface area contributed by atoms with E-state index in [2.05, 4.69) is 15.3 Å². The summed E-state index contributed by atoms with van der Waals surface area (Å²) >= 11 is 7.57. The maximum Gasteiger partial charge on any atom is 0.227 e. The number of amides is 1. The number of pyridine rings is 1. The Morgan fingerprint density at radius 3 is 2.83 bits per heavy atom. The normalized spacial score (nSPS) is 10.5. The van der Waals surface area contributed by atoms with Crippen LogP contribution >= 0.6 is 22.9 Å². The summed E-state index contributed by atoms with van der Waals surface area (Å²) in [7, 11) is 0. The fourth-order valence-corrected chi connectivity index (χ4v) is 3.10. The second kappa shape index (κ2) is 7.35. The molecule has 0 aliphatic heterocycles. The number of halogens is 1. The lowest BCUT2D eigenvalue weighted by Gasteiger charge is -2.03. The lowest BCUT2D eigenvalue weighted by molar-refractivity contribution is -0.120. The van der Waals surface area contributed by atoms with Crippen LogP contribution in [0.1, 0.15) is 10.6 Å². The van der Waals surface area contributed by atoms with Crippen molar-refractivity contribution in [1.29, 1.82) is 0 Å². The Bertz CT molecular complexity index is 804. The van der Waals surface area contributed by atoms with Gasteiger partial charge >= 0.3 is 0 Å². The average Bonchev–Trinajstić information content (AvgIpc) is 3.02. The first kappa shape index (κ1) is 15.6. The van der Waals surface area contributed by atoms with Crippen molar-refractivity contribution in [1.82, 2.24) is 15.3 Å². The summed E-state index contributed by atoms with van der Waals surface area (Å²) in [5.74, 6) is -0.0458. The maximum absolute atomic E-state index is 12.0. The van der Waals surface area contributed by atoms with Crippen molar-refractivity contribution >= 4 is 28.8 Å². The van der Waals surface area contributed by atoms with Gasteiger partial charge in [-0.1, -0.05) is 41.9 Å². The van der Waals surface area contributed by atoms with Gasteiger partial charge in [-0.15, -0.1) is 11.3 Å². The van der Waals surface area contributed by atoms with Crippen molar-refractivity contribution in [3.05, 3.63) is 69.8 Å². The number of carbonyl (C=O) groups excluding carboxylic acids is 1. The molecule has 6 heteroatoms. The highest BCUT2D eigenvalue weighted by Crippen LogP contribution is 2.27. The third-order valence-corrected chi connectivity index (χ3v) is 4.39. The smallest absolute Gasteiger partial charge is 0.227 e. The van der Waals surface area contributed by atoms with E-state index in [1.165, 1.54) is 11.3 Å². The van der Waals surface area contributed by atoms with Crippen LogP contribution < -0.4 is 5.32 Å². The molecule has 0 saturated carbocycles. The van der Waals surface area contributed by atoms with Crippen molar-refractivity contribution in [2.24, 2.45) is 0 Å². The van der Waals surface area contributed by atoms with Crippen LogP contribution in [0.3, 0.4) is 0 Å². The van der Waals surface area contributed by atoms with Crippen molar-refractivity contribution in [2.45, 2.75) is 13.0 Å². The summed E-state index contributed by atoms with van der Waals surface area (Å²) in [5, 5.41) is 6.12. The van der Waals surface area contributed by atoms with Gasteiger partial charge in [0.15, 0.2) is 0 Å². The Labute approximate surface area is 143 Å². The zero-order valence-corrected chi connectivity index (χ0v) is 13.8. The van der Waals surface area contributed by atoms with Gasteiger partial charge in [-0.05, 0) is 11.6 Å². The SMILES string of the molecule is O=C(Cc1nc(-c2ccncc2Cl)cs1)NCc1ccccc1. The first-order valence-electron chi connectivity index (χ1n) is 7.07. The van der Waals surface area contributed by atoms with Gasteiger partial charge in [-0.3, -0.25) is 9.78 Å². The topological polar surface area (TPSA) is 54.9 Å². The predicted octanol–water partition coefficient (Wildman–Crippen LogP) is 3.72. The van der Waals surface area contributed by atoms with Gasteiger partial charge in [0.05, 0.1) is 17.1 Å². The number of nitrogens with zero attached hydrogens (tertiary/aromatic N) is 2. The number of nitrogens with one attached hydrogen (secondary N) is 1. The monoisotopic (exact) mass is 343 g/mol. The Hall–Kier alpha value is -2.24. The summed E-state index contributed by atoms with van der Waals surface area (Å²) in [5.41, 5.74) is 2.67. The Balaban J connectivity index is 1.61. The van der Waals surface area contributed by atoms with E-state index in [-0.39, 0.29) is 12.3 Å². The molecule has 3 rings (SSSR count). The molecule has 0 unspecified atom stereocenters. The van der Waals surface area contributed by atoms with Crippen LogP contribution in [0.4, 0.5) is 0 Å². The predicted molar refractivity (Wildman–Crippen MR) is 92.3 cm³/mol. The minimum Gasteiger partial charge on any atom is -0.352 e. The standard InChI is InChI=1S/C17H14ClN3OS/c18-14-10-19-7-6-13(14)15-11-23-17(21-15)8-16(22)20-9-12-4-2-1-3-5-12/h1-7,10-11H,8-9H2,(H,20,22). The van der Waals surface area contributed by atoms with Crippen LogP contribution in [0.2, 0.25) is 5.02 Å². The van der Waals surface area contributed by atoms with Crippen LogP contribution in [0.25, 0.3) is 11.3 Å². The van der Waals surface area contributed by atoms with Gasteiger partial charge in [0, 0.05) is 29.9 Å². The molecule has 2 heterocycles. The highest BCUT2D eigenvalue weighted by molar-refractivity contribution is 7.10. The molecule has 4 nitrogen and oxygen atoms in total. The number of thiazole rings is 1. The Morgan fingerprint density at radius 2 is 2.04 bits per heavy atom. The molecular weight excluding hydrogens is 330 g/mol. The van der Waals surface area contributed by atoms with Crippen LogP contribution in [-0.4, -0.2) is 15.9 Å². The van der Waals surface area contributed by atoms with E-state index in [0.717, 1.165) is 21.8 Å². The maximum atomic E-state index is 12.0. The molecular formula is C17H14ClN3OS. The molecule has 1 aromatic carbocycles. The molecule has 2 aromatic heterocycles. The fourth-order valence-electron chi connectivity index (χ4n) is 2.10. The number of aromatic nitrogens is 2. The summed E-state index contributed by atoms with van der Waals surface area (Å²) in [6, 6.07) is 11.6. The Morgan fingerprint density at radius 1 is 1.22 bits per heavy atom. The number of carbonyl (C=O) groups is 1. The molecule has 1 N–H and O–H groups in total. The molecule has 3 aromatic rings. The molecule has 23 heavy (non-hydrogen) atoms. The first-order chi connectivity index (χ1) is 11.2. The molecule has 0 spiro atoms. The van der Waals surface area contributed by atoms with Gasteiger partial charge in [-0.25, -0.2) is 4.98 Å². The fraction of sp³-hybridized carbons (Fsp3) is 0.118. The van der Waals surface area contributed by atoms with Crippen molar-refractivity contribution in [3.63, 3.8) is 0 Å². The van der Waals surface area contributed by atoms with E-state index < -0.39 is 0 Å². The number of benzene rings is 1. The van der Waals surface area contributed by atoms with Gasteiger partial charge in [0.25, 0.3) is 0 Å². The van der Waals surface area contributed by atoms with E-state index in [1.54, 1.807) is 12.4 Å². The average molecular weight is 344 g/mol. The first-order valence-corrected chi connectivity index (χ1v) is 8.33. The number of hydrogen-bond donors (Lipinski definition) is 1. The number of hydrogen-bond acceptors (Lipinski definition) is 4. The molecule has 0 aliphatic carbocycles. The molecule has 0 atom stereocenters. The largest absolute Gasteiger partial charge is 0.352 e. The van der Waals surface area contributed by atoms with E-state index in [1.807, 2.05) is 41.8 Å². The van der Waals surface area contributed by atoms with Crippen LogP contribution in [0.5, 0.6) is 0 Å². The van der Waals surface area contributed by atoms with Crippen molar-refractivity contribution in [2.75, 3.05) is 0 Å². The molecule has 1 amide bonds.